The summed E-state index contributed by atoms with van der Waals surface area (Å²) in [5, 5.41) is 4.64. The highest BCUT2D eigenvalue weighted by Crippen LogP contribution is 2.32. The molecule has 2 aromatic rings. The molecule has 4 rings (SSSR count). The lowest BCUT2D eigenvalue weighted by atomic mass is 9.97. The van der Waals surface area contributed by atoms with E-state index in [1.54, 1.807) is 29.2 Å². The fourth-order valence-electron chi connectivity index (χ4n) is 3.87. The molecule has 2 aliphatic heterocycles. The maximum Gasteiger partial charge on any atom is 0.325 e. The molecule has 2 aliphatic rings. The summed E-state index contributed by atoms with van der Waals surface area (Å²) in [6, 6.07) is 13.6. The quantitative estimate of drug-likeness (QED) is 0.468. The van der Waals surface area contributed by atoms with Gasteiger partial charge in [0, 0.05) is 30.9 Å². The molecule has 0 unspecified atom stereocenters. The molecule has 2 heterocycles. The van der Waals surface area contributed by atoms with Gasteiger partial charge in [0.15, 0.2) is 18.1 Å². The third kappa shape index (κ3) is 6.84. The molecular weight excluding hydrogens is 466 g/mol. The number of anilines is 1. The van der Waals surface area contributed by atoms with Crippen LogP contribution < -0.4 is 20.1 Å². The summed E-state index contributed by atoms with van der Waals surface area (Å²) in [6.07, 6.45) is 4.16. The van der Waals surface area contributed by atoms with E-state index in [0.29, 0.717) is 56.3 Å². The zero-order chi connectivity index (χ0) is 25.3. The predicted octanol–water partition coefficient (Wildman–Crippen LogP) is 2.60. The Morgan fingerprint density at radius 1 is 0.972 bits per heavy atom. The number of hydrogen-bond acceptors (Lipinski definition) is 7. The average molecular weight is 494 g/mol. The van der Waals surface area contributed by atoms with Gasteiger partial charge in [-0.1, -0.05) is 30.3 Å². The Labute approximate surface area is 208 Å². The summed E-state index contributed by atoms with van der Waals surface area (Å²) in [5.41, 5.74) is 1.35. The van der Waals surface area contributed by atoms with Crippen LogP contribution in [0.4, 0.5) is 10.5 Å². The summed E-state index contributed by atoms with van der Waals surface area (Å²) in [6.45, 7) is 1.13. The number of nitrogens with one attached hydrogen (secondary N) is 2. The van der Waals surface area contributed by atoms with E-state index in [9.17, 15) is 19.2 Å². The number of esters is 1. The van der Waals surface area contributed by atoms with Gasteiger partial charge in [-0.05, 0) is 36.6 Å². The van der Waals surface area contributed by atoms with Crippen LogP contribution in [0, 0.1) is 5.92 Å². The molecule has 1 fully saturated rings. The van der Waals surface area contributed by atoms with Crippen LogP contribution in [0.15, 0.2) is 54.6 Å². The largest absolute Gasteiger partial charge is 0.486 e. The van der Waals surface area contributed by atoms with E-state index < -0.39 is 30.4 Å². The zero-order valence-electron chi connectivity index (χ0n) is 19.6. The van der Waals surface area contributed by atoms with Crippen molar-refractivity contribution in [3.63, 3.8) is 0 Å². The number of rotatable bonds is 6. The van der Waals surface area contributed by atoms with Crippen molar-refractivity contribution in [2.24, 2.45) is 5.92 Å². The molecule has 2 aromatic carbocycles. The molecule has 1 saturated heterocycles. The Morgan fingerprint density at radius 3 is 2.44 bits per heavy atom. The van der Waals surface area contributed by atoms with Crippen molar-refractivity contribution in [3.8, 4) is 11.5 Å². The molecule has 0 aliphatic carbocycles. The van der Waals surface area contributed by atoms with Gasteiger partial charge in [0.1, 0.15) is 13.2 Å². The second-order valence-electron chi connectivity index (χ2n) is 8.31. The average Bonchev–Trinajstić information content (AvgIpc) is 2.91. The lowest BCUT2D eigenvalue weighted by molar-refractivity contribution is -0.154. The van der Waals surface area contributed by atoms with Crippen LogP contribution >= 0.6 is 0 Å². The zero-order valence-corrected chi connectivity index (χ0v) is 19.6. The minimum atomic E-state index is -0.761. The predicted molar refractivity (Wildman–Crippen MR) is 130 cm³/mol. The van der Waals surface area contributed by atoms with E-state index in [-0.39, 0.29) is 5.91 Å². The number of nitrogens with zero attached hydrogens (tertiary/aromatic N) is 1. The molecule has 0 radical (unpaired) electrons. The number of urea groups is 1. The minimum absolute atomic E-state index is 0.117. The third-order valence-corrected chi connectivity index (χ3v) is 5.76. The van der Waals surface area contributed by atoms with Crippen LogP contribution in [-0.4, -0.2) is 61.6 Å². The fraction of sp³-hybridized carbons (Fsp3) is 0.308. The van der Waals surface area contributed by atoms with Gasteiger partial charge in [0.25, 0.3) is 5.91 Å². The molecule has 0 spiro atoms. The molecule has 10 nitrogen and oxygen atoms in total. The van der Waals surface area contributed by atoms with Gasteiger partial charge >= 0.3 is 12.0 Å². The van der Waals surface area contributed by atoms with Crippen molar-refractivity contribution in [2.75, 3.05) is 38.2 Å². The van der Waals surface area contributed by atoms with Crippen LogP contribution in [0.1, 0.15) is 18.4 Å². The molecule has 0 bridgehead atoms. The fourth-order valence-corrected chi connectivity index (χ4v) is 3.87. The topological polar surface area (TPSA) is 123 Å². The van der Waals surface area contributed by atoms with Gasteiger partial charge in [-0.25, -0.2) is 4.79 Å². The number of hydrogen-bond donors (Lipinski definition) is 2. The molecule has 36 heavy (non-hydrogen) atoms. The van der Waals surface area contributed by atoms with E-state index in [4.69, 9.17) is 14.2 Å². The van der Waals surface area contributed by atoms with Crippen molar-refractivity contribution in [1.82, 2.24) is 10.2 Å². The van der Waals surface area contributed by atoms with Crippen LogP contribution in [0.25, 0.3) is 6.08 Å². The van der Waals surface area contributed by atoms with Crippen molar-refractivity contribution in [1.29, 1.82) is 0 Å². The van der Waals surface area contributed by atoms with E-state index in [1.165, 1.54) is 6.08 Å². The first-order chi connectivity index (χ1) is 17.5. The molecule has 2 N–H and O–H groups in total. The number of piperidine rings is 1. The van der Waals surface area contributed by atoms with Crippen LogP contribution in [0.2, 0.25) is 0 Å². The van der Waals surface area contributed by atoms with E-state index >= 15 is 0 Å². The first-order valence-electron chi connectivity index (χ1n) is 11.7. The third-order valence-electron chi connectivity index (χ3n) is 5.76. The normalized spacial score (nSPS) is 15.3. The van der Waals surface area contributed by atoms with Crippen molar-refractivity contribution in [3.05, 3.63) is 60.2 Å². The Balaban J connectivity index is 1.15. The maximum atomic E-state index is 12.4. The van der Waals surface area contributed by atoms with Crippen molar-refractivity contribution < 1.29 is 33.4 Å². The molecule has 0 saturated carbocycles. The first-order valence-corrected chi connectivity index (χ1v) is 11.7. The Hall–Kier alpha value is -4.34. The van der Waals surface area contributed by atoms with Gasteiger partial charge in [0.2, 0.25) is 5.91 Å². The summed E-state index contributed by atoms with van der Waals surface area (Å²) < 4.78 is 16.0. The second kappa shape index (κ2) is 11.9. The monoisotopic (exact) mass is 493 g/mol. The number of fused-ring (bicyclic) bond motifs is 1. The molecule has 0 aromatic heterocycles. The number of likely N-dealkylation sites (tertiary alicyclic amines) is 1. The number of benzene rings is 2. The summed E-state index contributed by atoms with van der Waals surface area (Å²) >= 11 is 0. The van der Waals surface area contributed by atoms with Crippen LogP contribution in [0.5, 0.6) is 11.5 Å². The Morgan fingerprint density at radius 2 is 1.69 bits per heavy atom. The molecule has 4 amide bonds. The van der Waals surface area contributed by atoms with Gasteiger partial charge in [-0.3, -0.25) is 19.7 Å². The highest BCUT2D eigenvalue weighted by Gasteiger charge is 2.28. The van der Waals surface area contributed by atoms with Crippen molar-refractivity contribution in [2.45, 2.75) is 12.8 Å². The SMILES string of the molecule is O=C(COC(=O)C1CCN(C(=O)/C=C/c2ccccc2)CC1)NC(=O)Nc1ccc2c(c1)OCCO2. The number of carbonyl (C=O) groups is 4. The molecular formula is C26H27N3O7. The molecule has 10 heteroatoms. The van der Waals surface area contributed by atoms with Crippen LogP contribution in [-0.2, 0) is 19.1 Å². The highest BCUT2D eigenvalue weighted by atomic mass is 16.6. The number of amides is 4. The van der Waals surface area contributed by atoms with E-state index in [2.05, 4.69) is 10.6 Å². The molecule has 0 atom stereocenters. The van der Waals surface area contributed by atoms with Crippen molar-refractivity contribution >= 4 is 35.6 Å². The standard InChI is InChI=1S/C26H27N3O7/c30-23(28-26(33)27-20-7-8-21-22(16-20)35-15-14-34-21)17-36-25(32)19-10-12-29(13-11-19)24(31)9-6-18-4-2-1-3-5-18/h1-9,16,19H,10-15,17H2,(H2,27,28,30,33)/b9-6+. The number of ether oxygens (including phenoxy) is 3. The summed E-state index contributed by atoms with van der Waals surface area (Å²) in [7, 11) is 0. The molecule has 188 valence electrons. The van der Waals surface area contributed by atoms with Gasteiger partial charge in [-0.2, -0.15) is 0 Å². The van der Waals surface area contributed by atoms with E-state index in [0.717, 1.165) is 5.56 Å². The van der Waals surface area contributed by atoms with E-state index in [1.807, 2.05) is 30.3 Å². The Kier molecular flexibility index (Phi) is 8.17. The lowest BCUT2D eigenvalue weighted by Gasteiger charge is -2.30. The van der Waals surface area contributed by atoms with Gasteiger partial charge < -0.3 is 24.4 Å². The lowest BCUT2D eigenvalue weighted by Crippen LogP contribution is -2.41. The van der Waals surface area contributed by atoms with Gasteiger partial charge in [0.05, 0.1) is 5.92 Å². The maximum absolute atomic E-state index is 12.4. The van der Waals surface area contributed by atoms with Gasteiger partial charge in [-0.15, -0.1) is 0 Å². The van der Waals surface area contributed by atoms with Crippen LogP contribution in [0.3, 0.4) is 0 Å². The number of imide groups is 1. The second-order valence-corrected chi connectivity index (χ2v) is 8.31. The smallest absolute Gasteiger partial charge is 0.325 e. The highest BCUT2D eigenvalue weighted by molar-refractivity contribution is 6.02. The number of carbonyl (C=O) groups excluding carboxylic acids is 4. The minimum Gasteiger partial charge on any atom is -0.486 e. The Bertz CT molecular complexity index is 1140. The first kappa shape index (κ1) is 24.8. The summed E-state index contributed by atoms with van der Waals surface area (Å²) in [4.78, 5) is 50.5. The summed E-state index contributed by atoms with van der Waals surface area (Å²) in [5.74, 6) is -0.727.